The van der Waals surface area contributed by atoms with Crippen LogP contribution in [0.25, 0.3) is 11.0 Å². The average Bonchev–Trinajstić information content (AvgIpc) is 3.05. The highest BCUT2D eigenvalue weighted by atomic mass is 32.2. The Hall–Kier alpha value is -1.93. The van der Waals surface area contributed by atoms with Gasteiger partial charge in [0.05, 0.1) is 35.2 Å². The maximum absolute atomic E-state index is 10.7. The van der Waals surface area contributed by atoms with Crippen molar-refractivity contribution in [3.05, 3.63) is 35.0 Å². The first-order valence-electron chi connectivity index (χ1n) is 5.76. The van der Waals surface area contributed by atoms with Crippen LogP contribution < -0.4 is 0 Å². The molecular weight excluding hydrogens is 296 g/mol. The predicted molar refractivity (Wildman–Crippen MR) is 77.1 cm³/mol. The highest BCUT2D eigenvalue weighted by molar-refractivity contribution is 7.99. The molecule has 0 saturated carbocycles. The largest absolute Gasteiger partial charge is 0.481 e. The fourth-order valence-electron chi connectivity index (χ4n) is 1.83. The molecule has 0 amide bonds. The summed E-state index contributed by atoms with van der Waals surface area (Å²) in [7, 11) is 0. The fraction of sp³-hybridized carbons (Fsp3) is 0.167. The maximum atomic E-state index is 10.7. The Morgan fingerprint density at radius 3 is 3.15 bits per heavy atom. The standard InChI is InChI=1S/C12H10N4O2S2/c17-11(18)6-20-12-15-9-3-13-2-1-10(9)16(12)4-8-5-19-7-14-8/h1-3,5,7H,4,6H2,(H,17,18). The van der Waals surface area contributed by atoms with E-state index in [2.05, 4.69) is 15.0 Å². The van der Waals surface area contributed by atoms with E-state index in [-0.39, 0.29) is 5.75 Å². The van der Waals surface area contributed by atoms with E-state index in [4.69, 9.17) is 5.11 Å². The molecule has 1 N–H and O–H groups in total. The monoisotopic (exact) mass is 306 g/mol. The van der Waals surface area contributed by atoms with Crippen molar-refractivity contribution in [1.82, 2.24) is 19.5 Å². The number of hydrogen-bond donors (Lipinski definition) is 1. The Bertz CT molecular complexity index is 739. The number of thioether (sulfide) groups is 1. The van der Waals surface area contributed by atoms with Gasteiger partial charge < -0.3 is 9.67 Å². The quantitative estimate of drug-likeness (QED) is 0.727. The number of carboxylic acid groups (broad SMARTS) is 1. The first kappa shape index (κ1) is 13.1. The fourth-order valence-corrected chi connectivity index (χ4v) is 3.11. The van der Waals surface area contributed by atoms with Crippen molar-refractivity contribution < 1.29 is 9.90 Å². The van der Waals surface area contributed by atoms with Gasteiger partial charge in [0.1, 0.15) is 5.52 Å². The van der Waals surface area contributed by atoms with E-state index in [1.165, 1.54) is 23.1 Å². The summed E-state index contributed by atoms with van der Waals surface area (Å²) in [6.07, 6.45) is 3.38. The van der Waals surface area contributed by atoms with Crippen LogP contribution in [0.2, 0.25) is 0 Å². The zero-order chi connectivity index (χ0) is 13.9. The number of thiazole rings is 1. The van der Waals surface area contributed by atoms with Gasteiger partial charge in [0.15, 0.2) is 5.16 Å². The van der Waals surface area contributed by atoms with Crippen LogP contribution in [0.3, 0.4) is 0 Å². The molecule has 0 radical (unpaired) electrons. The van der Waals surface area contributed by atoms with Crippen LogP contribution in [0.4, 0.5) is 0 Å². The third-order valence-corrected chi connectivity index (χ3v) is 4.24. The van der Waals surface area contributed by atoms with Crippen LogP contribution >= 0.6 is 23.1 Å². The minimum absolute atomic E-state index is 0.0200. The van der Waals surface area contributed by atoms with Gasteiger partial charge in [-0.2, -0.15) is 0 Å². The molecule has 0 bridgehead atoms. The predicted octanol–water partition coefficient (Wildman–Crippen LogP) is 2.11. The molecule has 0 aliphatic rings. The van der Waals surface area contributed by atoms with E-state index >= 15 is 0 Å². The highest BCUT2D eigenvalue weighted by Gasteiger charge is 2.13. The van der Waals surface area contributed by atoms with Crippen LogP contribution in [0.15, 0.2) is 34.5 Å². The molecule has 0 saturated heterocycles. The highest BCUT2D eigenvalue weighted by Crippen LogP contribution is 2.24. The van der Waals surface area contributed by atoms with Crippen LogP contribution in [-0.4, -0.2) is 36.3 Å². The molecule has 0 atom stereocenters. The zero-order valence-corrected chi connectivity index (χ0v) is 11.9. The minimum atomic E-state index is -0.861. The van der Waals surface area contributed by atoms with Gasteiger partial charge in [-0.1, -0.05) is 11.8 Å². The number of nitrogens with zero attached hydrogens (tertiary/aromatic N) is 4. The second-order valence-electron chi connectivity index (χ2n) is 4.01. The lowest BCUT2D eigenvalue weighted by Crippen LogP contribution is -2.04. The maximum Gasteiger partial charge on any atom is 0.313 e. The number of imidazole rings is 1. The number of pyridine rings is 1. The molecule has 3 heterocycles. The molecule has 0 aromatic carbocycles. The summed E-state index contributed by atoms with van der Waals surface area (Å²) < 4.78 is 1.97. The molecule has 3 rings (SSSR count). The first-order chi connectivity index (χ1) is 9.74. The molecular formula is C12H10N4O2S2. The van der Waals surface area contributed by atoms with Crippen LogP contribution in [0.1, 0.15) is 5.69 Å². The van der Waals surface area contributed by atoms with E-state index in [0.29, 0.717) is 11.7 Å². The molecule has 0 aliphatic heterocycles. The molecule has 8 heteroatoms. The van der Waals surface area contributed by atoms with Crippen LogP contribution in [0.5, 0.6) is 0 Å². The Morgan fingerprint density at radius 2 is 2.40 bits per heavy atom. The van der Waals surface area contributed by atoms with Crippen LogP contribution in [-0.2, 0) is 11.3 Å². The second-order valence-corrected chi connectivity index (χ2v) is 5.67. The number of carbonyl (C=O) groups is 1. The van der Waals surface area contributed by atoms with E-state index in [0.717, 1.165) is 16.7 Å². The van der Waals surface area contributed by atoms with Gasteiger partial charge in [-0.25, -0.2) is 9.97 Å². The summed E-state index contributed by atoms with van der Waals surface area (Å²) in [4.78, 5) is 23.5. The van der Waals surface area contributed by atoms with Crippen LogP contribution in [0, 0.1) is 0 Å². The topological polar surface area (TPSA) is 80.9 Å². The van der Waals surface area contributed by atoms with Crippen molar-refractivity contribution in [2.45, 2.75) is 11.7 Å². The third kappa shape index (κ3) is 2.66. The average molecular weight is 306 g/mol. The molecule has 20 heavy (non-hydrogen) atoms. The lowest BCUT2D eigenvalue weighted by molar-refractivity contribution is -0.133. The Balaban J connectivity index is 2.01. The van der Waals surface area contributed by atoms with Gasteiger partial charge in [-0.15, -0.1) is 11.3 Å². The summed E-state index contributed by atoms with van der Waals surface area (Å²) in [6, 6.07) is 1.87. The SMILES string of the molecule is O=C(O)CSc1nc2cnccc2n1Cc1cscn1. The summed E-state index contributed by atoms with van der Waals surface area (Å²) >= 11 is 2.74. The Labute approximate surface area is 122 Å². The molecule has 3 aromatic heterocycles. The molecule has 0 aliphatic carbocycles. The van der Waals surface area contributed by atoms with Gasteiger partial charge in [0.2, 0.25) is 0 Å². The smallest absolute Gasteiger partial charge is 0.313 e. The Kier molecular flexibility index (Phi) is 3.66. The summed E-state index contributed by atoms with van der Waals surface area (Å²) in [6.45, 7) is 0.575. The number of aromatic nitrogens is 4. The lowest BCUT2D eigenvalue weighted by atomic mass is 10.4. The van der Waals surface area contributed by atoms with Gasteiger partial charge in [0, 0.05) is 11.6 Å². The van der Waals surface area contributed by atoms with E-state index in [1.54, 1.807) is 17.9 Å². The van der Waals surface area contributed by atoms with Crippen molar-refractivity contribution in [2.24, 2.45) is 0 Å². The Morgan fingerprint density at radius 1 is 1.50 bits per heavy atom. The lowest BCUT2D eigenvalue weighted by Gasteiger charge is -2.06. The second kappa shape index (κ2) is 5.59. The number of aliphatic carboxylic acids is 1. The molecule has 0 unspecified atom stereocenters. The molecule has 3 aromatic rings. The first-order valence-corrected chi connectivity index (χ1v) is 7.69. The number of hydrogen-bond acceptors (Lipinski definition) is 6. The number of carboxylic acids is 1. The van der Waals surface area contributed by atoms with E-state index in [1.807, 2.05) is 16.0 Å². The van der Waals surface area contributed by atoms with Crippen molar-refractivity contribution in [2.75, 3.05) is 5.75 Å². The number of fused-ring (bicyclic) bond motifs is 1. The summed E-state index contributed by atoms with van der Waals surface area (Å²) in [5.74, 6) is -0.881. The van der Waals surface area contributed by atoms with Crippen molar-refractivity contribution in [1.29, 1.82) is 0 Å². The third-order valence-electron chi connectivity index (χ3n) is 2.64. The molecule has 6 nitrogen and oxygen atoms in total. The molecule has 0 fully saturated rings. The van der Waals surface area contributed by atoms with Gasteiger partial charge >= 0.3 is 5.97 Å². The van der Waals surface area contributed by atoms with E-state index in [9.17, 15) is 4.79 Å². The van der Waals surface area contributed by atoms with E-state index < -0.39 is 5.97 Å². The summed E-state index contributed by atoms with van der Waals surface area (Å²) in [5, 5.41) is 11.5. The molecule has 102 valence electrons. The van der Waals surface area contributed by atoms with Gasteiger partial charge in [-0.3, -0.25) is 9.78 Å². The van der Waals surface area contributed by atoms with Crippen molar-refractivity contribution in [3.63, 3.8) is 0 Å². The van der Waals surface area contributed by atoms with Gasteiger partial charge in [0.25, 0.3) is 0 Å². The molecule has 0 spiro atoms. The van der Waals surface area contributed by atoms with Crippen molar-refractivity contribution >= 4 is 40.1 Å². The summed E-state index contributed by atoms with van der Waals surface area (Å²) in [5.41, 5.74) is 4.40. The number of rotatable bonds is 5. The van der Waals surface area contributed by atoms with Gasteiger partial charge in [-0.05, 0) is 6.07 Å². The zero-order valence-electron chi connectivity index (χ0n) is 10.3. The minimum Gasteiger partial charge on any atom is -0.481 e. The van der Waals surface area contributed by atoms with Crippen molar-refractivity contribution in [3.8, 4) is 0 Å². The normalized spacial score (nSPS) is 11.0.